The predicted molar refractivity (Wildman–Crippen MR) is 63.9 cm³/mol. The quantitative estimate of drug-likeness (QED) is 0.858. The Labute approximate surface area is 99.5 Å². The number of thiazole rings is 1. The molecular weight excluding hydrogens is 222 g/mol. The summed E-state index contributed by atoms with van der Waals surface area (Å²) in [6, 6.07) is 0. The van der Waals surface area contributed by atoms with Gasteiger partial charge in [-0.1, -0.05) is 12.8 Å². The molecule has 1 heterocycles. The summed E-state index contributed by atoms with van der Waals surface area (Å²) in [5.74, 6) is -0.00928. The third kappa shape index (κ3) is 2.82. The second-order valence-electron chi connectivity index (χ2n) is 4.39. The fourth-order valence-electron chi connectivity index (χ4n) is 2.39. The highest BCUT2D eigenvalue weighted by atomic mass is 32.1. The van der Waals surface area contributed by atoms with E-state index in [1.54, 1.807) is 11.3 Å². The fourth-order valence-corrected chi connectivity index (χ4v) is 3.41. The van der Waals surface area contributed by atoms with Crippen LogP contribution in [0.5, 0.6) is 0 Å². The molecule has 0 aromatic carbocycles. The zero-order valence-electron chi connectivity index (χ0n) is 9.32. The lowest BCUT2D eigenvalue weighted by molar-refractivity contribution is -0.137. The van der Waals surface area contributed by atoms with Gasteiger partial charge in [-0.2, -0.15) is 0 Å². The summed E-state index contributed by atoms with van der Waals surface area (Å²) >= 11 is 1.75. The first-order valence-electron chi connectivity index (χ1n) is 5.91. The van der Waals surface area contributed by atoms with E-state index in [0.29, 0.717) is 12.3 Å². The summed E-state index contributed by atoms with van der Waals surface area (Å²) < 4.78 is 0. The minimum Gasteiger partial charge on any atom is -0.481 e. The van der Waals surface area contributed by atoms with Crippen LogP contribution in [0, 0.1) is 0 Å². The van der Waals surface area contributed by atoms with Crippen molar-refractivity contribution in [1.29, 1.82) is 0 Å². The molecule has 2 rings (SSSR count). The van der Waals surface area contributed by atoms with Crippen LogP contribution in [0.1, 0.15) is 55.0 Å². The first-order valence-corrected chi connectivity index (χ1v) is 6.79. The van der Waals surface area contributed by atoms with Crippen LogP contribution in [0.25, 0.3) is 0 Å². The van der Waals surface area contributed by atoms with E-state index in [-0.39, 0.29) is 6.42 Å². The zero-order chi connectivity index (χ0) is 11.4. The molecule has 1 aliphatic carbocycles. The van der Waals surface area contributed by atoms with E-state index in [9.17, 15) is 4.79 Å². The summed E-state index contributed by atoms with van der Waals surface area (Å²) in [7, 11) is 0. The van der Waals surface area contributed by atoms with Crippen molar-refractivity contribution in [3.05, 3.63) is 16.1 Å². The third-order valence-electron chi connectivity index (χ3n) is 3.20. The monoisotopic (exact) mass is 239 g/mol. The van der Waals surface area contributed by atoms with Gasteiger partial charge in [0.15, 0.2) is 0 Å². The maximum atomic E-state index is 10.5. The predicted octanol–water partition coefficient (Wildman–Crippen LogP) is 3.21. The first kappa shape index (κ1) is 11.6. The van der Waals surface area contributed by atoms with Crippen LogP contribution in [-0.2, 0) is 11.2 Å². The normalized spacial score (nSPS) is 16.8. The van der Waals surface area contributed by atoms with Gasteiger partial charge in [-0.3, -0.25) is 4.79 Å². The minimum atomic E-state index is -0.711. The molecule has 0 spiro atoms. The molecule has 1 aliphatic rings. The highest BCUT2D eigenvalue weighted by molar-refractivity contribution is 7.09. The van der Waals surface area contributed by atoms with Crippen LogP contribution in [-0.4, -0.2) is 16.1 Å². The van der Waals surface area contributed by atoms with E-state index in [0.717, 1.165) is 12.1 Å². The second-order valence-corrected chi connectivity index (χ2v) is 5.28. The average molecular weight is 239 g/mol. The highest BCUT2D eigenvalue weighted by Gasteiger charge is 2.21. The van der Waals surface area contributed by atoms with Crippen LogP contribution in [0.3, 0.4) is 0 Å². The number of carboxylic acids is 1. The number of carboxylic acid groups (broad SMARTS) is 1. The van der Waals surface area contributed by atoms with Crippen LogP contribution in [0.15, 0.2) is 5.51 Å². The molecule has 0 radical (unpaired) electrons. The number of rotatable bonds is 5. The molecule has 1 aromatic heterocycles. The SMILES string of the molecule is O=C(O)CCCc1ncsc1C1CCCC1. The minimum absolute atomic E-state index is 0.252. The molecule has 1 saturated carbocycles. The maximum absolute atomic E-state index is 10.5. The molecule has 3 nitrogen and oxygen atoms in total. The maximum Gasteiger partial charge on any atom is 0.303 e. The summed E-state index contributed by atoms with van der Waals surface area (Å²) in [4.78, 5) is 16.3. The van der Waals surface area contributed by atoms with Gasteiger partial charge in [0.05, 0.1) is 11.2 Å². The number of aromatic nitrogens is 1. The molecule has 16 heavy (non-hydrogen) atoms. The number of nitrogens with zero attached hydrogens (tertiary/aromatic N) is 1. The number of hydrogen-bond donors (Lipinski definition) is 1. The van der Waals surface area contributed by atoms with Gasteiger partial charge < -0.3 is 5.11 Å². The Morgan fingerprint density at radius 2 is 2.25 bits per heavy atom. The zero-order valence-corrected chi connectivity index (χ0v) is 10.1. The molecule has 1 fully saturated rings. The van der Waals surface area contributed by atoms with Crippen molar-refractivity contribution in [1.82, 2.24) is 4.98 Å². The number of carbonyl (C=O) groups is 1. The lowest BCUT2D eigenvalue weighted by Crippen LogP contribution is -1.99. The first-order chi connectivity index (χ1) is 7.77. The Morgan fingerprint density at radius 3 is 2.94 bits per heavy atom. The standard InChI is InChI=1S/C12H17NO2S/c14-11(15)7-3-6-10-12(16-8-13-10)9-4-1-2-5-9/h8-9H,1-7H2,(H,14,15). The van der Waals surface area contributed by atoms with Gasteiger partial charge in [0, 0.05) is 11.3 Å². The van der Waals surface area contributed by atoms with Crippen LogP contribution in [0.4, 0.5) is 0 Å². The van der Waals surface area contributed by atoms with Gasteiger partial charge in [-0.25, -0.2) is 4.98 Å². The largest absolute Gasteiger partial charge is 0.481 e. The van der Waals surface area contributed by atoms with Gasteiger partial charge in [0.25, 0.3) is 0 Å². The number of aliphatic carboxylic acids is 1. The smallest absolute Gasteiger partial charge is 0.303 e. The van der Waals surface area contributed by atoms with Gasteiger partial charge in [-0.15, -0.1) is 11.3 Å². The van der Waals surface area contributed by atoms with E-state index < -0.39 is 5.97 Å². The highest BCUT2D eigenvalue weighted by Crippen LogP contribution is 2.38. The van der Waals surface area contributed by atoms with Gasteiger partial charge in [0.2, 0.25) is 0 Å². The van der Waals surface area contributed by atoms with E-state index in [4.69, 9.17) is 5.11 Å². The Bertz CT molecular complexity index is 356. The van der Waals surface area contributed by atoms with Crippen molar-refractivity contribution in [3.8, 4) is 0 Å². The van der Waals surface area contributed by atoms with E-state index in [2.05, 4.69) is 4.98 Å². The molecule has 4 heteroatoms. The van der Waals surface area contributed by atoms with E-state index in [1.165, 1.54) is 30.6 Å². The molecule has 1 N–H and O–H groups in total. The Hall–Kier alpha value is -0.900. The van der Waals surface area contributed by atoms with E-state index in [1.807, 2.05) is 5.51 Å². The van der Waals surface area contributed by atoms with Crippen LogP contribution >= 0.6 is 11.3 Å². The Balaban J connectivity index is 1.93. The molecule has 0 unspecified atom stereocenters. The van der Waals surface area contributed by atoms with Crippen LogP contribution < -0.4 is 0 Å². The van der Waals surface area contributed by atoms with Gasteiger partial charge in [0.1, 0.15) is 0 Å². The van der Waals surface area contributed by atoms with Gasteiger partial charge in [-0.05, 0) is 31.6 Å². The Morgan fingerprint density at radius 1 is 1.50 bits per heavy atom. The van der Waals surface area contributed by atoms with Crippen molar-refractivity contribution >= 4 is 17.3 Å². The molecule has 1 aromatic rings. The summed E-state index contributed by atoms with van der Waals surface area (Å²) in [6.45, 7) is 0. The lowest BCUT2D eigenvalue weighted by Gasteiger charge is -2.08. The van der Waals surface area contributed by atoms with Crippen molar-refractivity contribution in [2.45, 2.75) is 50.9 Å². The number of hydrogen-bond acceptors (Lipinski definition) is 3. The molecule has 0 bridgehead atoms. The summed E-state index contributed by atoms with van der Waals surface area (Å²) in [5.41, 5.74) is 3.06. The molecule has 88 valence electrons. The summed E-state index contributed by atoms with van der Waals surface area (Å²) in [5, 5.41) is 8.61. The van der Waals surface area contributed by atoms with E-state index >= 15 is 0 Å². The third-order valence-corrected chi connectivity index (χ3v) is 4.24. The molecule has 0 saturated heterocycles. The van der Waals surface area contributed by atoms with Crippen molar-refractivity contribution in [2.75, 3.05) is 0 Å². The second kappa shape index (κ2) is 5.43. The summed E-state index contributed by atoms with van der Waals surface area (Å²) in [6.07, 6.45) is 7.01. The van der Waals surface area contributed by atoms with Crippen LogP contribution in [0.2, 0.25) is 0 Å². The lowest BCUT2D eigenvalue weighted by atomic mass is 10.0. The average Bonchev–Trinajstić information content (AvgIpc) is 2.84. The van der Waals surface area contributed by atoms with Crippen molar-refractivity contribution < 1.29 is 9.90 Å². The van der Waals surface area contributed by atoms with Crippen molar-refractivity contribution in [2.24, 2.45) is 0 Å². The molecule has 0 amide bonds. The number of aryl methyl sites for hydroxylation is 1. The molecular formula is C12H17NO2S. The molecule has 0 atom stereocenters. The Kier molecular flexibility index (Phi) is 3.93. The molecule has 0 aliphatic heterocycles. The van der Waals surface area contributed by atoms with Gasteiger partial charge >= 0.3 is 5.97 Å². The van der Waals surface area contributed by atoms with Crippen molar-refractivity contribution in [3.63, 3.8) is 0 Å². The topological polar surface area (TPSA) is 50.2 Å². The fraction of sp³-hybridized carbons (Fsp3) is 0.667.